The molecule has 1 aromatic carbocycles. The highest BCUT2D eigenvalue weighted by molar-refractivity contribution is 6.07. The second kappa shape index (κ2) is 8.13. The lowest BCUT2D eigenvalue weighted by molar-refractivity contribution is 0.102. The molecule has 0 saturated heterocycles. The highest BCUT2D eigenvalue weighted by atomic mass is 16.5. The molecule has 8 nitrogen and oxygen atoms in total. The Morgan fingerprint density at radius 1 is 1.07 bits per heavy atom. The van der Waals surface area contributed by atoms with Crippen LogP contribution in [-0.2, 0) is 0 Å². The molecule has 0 radical (unpaired) electrons. The molecule has 3 aromatic rings. The van der Waals surface area contributed by atoms with Crippen LogP contribution in [0.25, 0.3) is 0 Å². The molecule has 27 heavy (non-hydrogen) atoms. The summed E-state index contributed by atoms with van der Waals surface area (Å²) in [5, 5.41) is 9.02. The minimum absolute atomic E-state index is 0.0926. The normalized spacial score (nSPS) is 10.3. The van der Waals surface area contributed by atoms with Crippen molar-refractivity contribution in [2.75, 3.05) is 17.2 Å². The lowest BCUT2D eigenvalue weighted by atomic mass is 10.2. The van der Waals surface area contributed by atoms with Gasteiger partial charge in [-0.1, -0.05) is 5.16 Å². The quantitative estimate of drug-likeness (QED) is 0.693. The zero-order valence-electron chi connectivity index (χ0n) is 14.9. The first-order valence-electron chi connectivity index (χ1n) is 8.30. The molecule has 2 aromatic heterocycles. The van der Waals surface area contributed by atoms with Gasteiger partial charge in [-0.2, -0.15) is 0 Å². The molecule has 3 rings (SSSR count). The molecular formula is C19H18N4O4. The first-order valence-corrected chi connectivity index (χ1v) is 8.30. The largest absolute Gasteiger partial charge is 0.494 e. The highest BCUT2D eigenvalue weighted by Crippen LogP contribution is 2.17. The maximum Gasteiger partial charge on any atom is 0.275 e. The number of carbonyl (C=O) groups is 2. The molecule has 0 fully saturated rings. The average molecular weight is 366 g/mol. The Morgan fingerprint density at radius 2 is 1.85 bits per heavy atom. The fourth-order valence-corrected chi connectivity index (χ4v) is 2.31. The van der Waals surface area contributed by atoms with Crippen LogP contribution in [0.5, 0.6) is 5.75 Å². The molecule has 0 saturated carbocycles. The van der Waals surface area contributed by atoms with E-state index in [-0.39, 0.29) is 17.4 Å². The Balaban J connectivity index is 1.68. The van der Waals surface area contributed by atoms with E-state index >= 15 is 0 Å². The minimum Gasteiger partial charge on any atom is -0.494 e. The summed E-state index contributed by atoms with van der Waals surface area (Å²) in [7, 11) is 0. The Morgan fingerprint density at radius 3 is 2.52 bits per heavy atom. The number of nitrogens with one attached hydrogen (secondary N) is 2. The number of hydrogen-bond acceptors (Lipinski definition) is 6. The number of rotatable bonds is 6. The number of pyridine rings is 1. The fraction of sp³-hybridized carbons (Fsp3) is 0.158. The number of nitrogens with zero attached hydrogens (tertiary/aromatic N) is 2. The van der Waals surface area contributed by atoms with E-state index in [1.807, 2.05) is 6.92 Å². The van der Waals surface area contributed by atoms with Crippen LogP contribution in [0.4, 0.5) is 11.5 Å². The highest BCUT2D eigenvalue weighted by Gasteiger charge is 2.14. The van der Waals surface area contributed by atoms with Crippen LogP contribution < -0.4 is 15.4 Å². The molecule has 0 unspecified atom stereocenters. The van der Waals surface area contributed by atoms with E-state index in [2.05, 4.69) is 20.8 Å². The Hall–Kier alpha value is -3.68. The predicted octanol–water partition coefficient (Wildman–Crippen LogP) is 3.28. The van der Waals surface area contributed by atoms with Gasteiger partial charge in [-0.05, 0) is 50.2 Å². The van der Waals surface area contributed by atoms with E-state index in [0.29, 0.717) is 23.6 Å². The average Bonchev–Trinajstić information content (AvgIpc) is 3.08. The SMILES string of the molecule is CCOc1ccc(NC(=O)c2ccnc(C(=O)Nc3cc(C)on3)c2)cc1. The number of ether oxygens (including phenoxy) is 1. The zero-order valence-corrected chi connectivity index (χ0v) is 14.9. The van der Waals surface area contributed by atoms with Crippen molar-refractivity contribution >= 4 is 23.3 Å². The molecule has 0 atom stereocenters. The Labute approximate surface area is 155 Å². The van der Waals surface area contributed by atoms with Gasteiger partial charge in [-0.25, -0.2) is 0 Å². The Kier molecular flexibility index (Phi) is 5.46. The van der Waals surface area contributed by atoms with Gasteiger partial charge in [0.2, 0.25) is 0 Å². The lowest BCUT2D eigenvalue weighted by Gasteiger charge is -2.08. The third kappa shape index (κ3) is 4.69. The van der Waals surface area contributed by atoms with Crippen molar-refractivity contribution in [3.05, 3.63) is 65.7 Å². The third-order valence-corrected chi connectivity index (χ3v) is 3.55. The standard InChI is InChI=1S/C19H18N4O4/c1-3-26-15-6-4-14(5-7-15)21-18(24)13-8-9-20-16(11-13)19(25)22-17-10-12(2)27-23-17/h4-11H,3H2,1-2H3,(H,21,24)(H,22,23,25). The maximum absolute atomic E-state index is 12.4. The van der Waals surface area contributed by atoms with Crippen molar-refractivity contribution in [1.29, 1.82) is 0 Å². The monoisotopic (exact) mass is 366 g/mol. The Bertz CT molecular complexity index is 950. The number of carbonyl (C=O) groups excluding carboxylic acids is 2. The molecular weight excluding hydrogens is 348 g/mol. The van der Waals surface area contributed by atoms with Gasteiger partial charge in [0.15, 0.2) is 5.82 Å². The van der Waals surface area contributed by atoms with Crippen molar-refractivity contribution < 1.29 is 18.8 Å². The summed E-state index contributed by atoms with van der Waals surface area (Å²) in [6.45, 7) is 4.19. The number of aryl methyl sites for hydroxylation is 1. The lowest BCUT2D eigenvalue weighted by Crippen LogP contribution is -2.17. The van der Waals surface area contributed by atoms with E-state index in [9.17, 15) is 9.59 Å². The summed E-state index contributed by atoms with van der Waals surface area (Å²) in [5.41, 5.74) is 1.01. The number of aromatic nitrogens is 2. The van der Waals surface area contributed by atoms with Gasteiger partial charge in [-0.15, -0.1) is 0 Å². The number of anilines is 2. The molecule has 0 spiro atoms. The van der Waals surface area contributed by atoms with E-state index < -0.39 is 5.91 Å². The van der Waals surface area contributed by atoms with Crippen LogP contribution in [0, 0.1) is 6.92 Å². The molecule has 138 valence electrons. The smallest absolute Gasteiger partial charge is 0.275 e. The first-order chi connectivity index (χ1) is 13.0. The maximum atomic E-state index is 12.4. The van der Waals surface area contributed by atoms with Crippen LogP contribution in [0.1, 0.15) is 33.5 Å². The molecule has 2 amide bonds. The van der Waals surface area contributed by atoms with E-state index in [4.69, 9.17) is 9.26 Å². The number of amides is 2. The molecule has 0 bridgehead atoms. The van der Waals surface area contributed by atoms with Gasteiger partial charge >= 0.3 is 0 Å². The molecule has 0 aliphatic rings. The predicted molar refractivity (Wildman–Crippen MR) is 99.0 cm³/mol. The summed E-state index contributed by atoms with van der Waals surface area (Å²) in [4.78, 5) is 28.7. The first kappa shape index (κ1) is 18.1. The van der Waals surface area contributed by atoms with Gasteiger partial charge in [-0.3, -0.25) is 14.6 Å². The van der Waals surface area contributed by atoms with Crippen LogP contribution >= 0.6 is 0 Å². The number of benzene rings is 1. The molecule has 2 heterocycles. The van der Waals surface area contributed by atoms with Crippen molar-refractivity contribution in [2.45, 2.75) is 13.8 Å². The van der Waals surface area contributed by atoms with E-state index in [0.717, 1.165) is 5.75 Å². The van der Waals surface area contributed by atoms with Crippen LogP contribution in [-0.4, -0.2) is 28.6 Å². The van der Waals surface area contributed by atoms with Crippen molar-refractivity contribution in [2.24, 2.45) is 0 Å². The van der Waals surface area contributed by atoms with Gasteiger partial charge in [0, 0.05) is 23.5 Å². The van der Waals surface area contributed by atoms with Crippen LogP contribution in [0.15, 0.2) is 53.2 Å². The number of hydrogen-bond donors (Lipinski definition) is 2. The van der Waals surface area contributed by atoms with Crippen molar-refractivity contribution in [3.8, 4) is 5.75 Å². The summed E-state index contributed by atoms with van der Waals surface area (Å²) in [6, 6.07) is 11.5. The molecule has 8 heteroatoms. The molecule has 2 N–H and O–H groups in total. The zero-order chi connectivity index (χ0) is 19.2. The van der Waals surface area contributed by atoms with Crippen molar-refractivity contribution in [1.82, 2.24) is 10.1 Å². The molecule has 0 aliphatic carbocycles. The third-order valence-electron chi connectivity index (χ3n) is 3.55. The summed E-state index contributed by atoms with van der Waals surface area (Å²) >= 11 is 0. The van der Waals surface area contributed by atoms with Gasteiger partial charge < -0.3 is 19.9 Å². The van der Waals surface area contributed by atoms with Crippen LogP contribution in [0.3, 0.4) is 0 Å². The van der Waals surface area contributed by atoms with Gasteiger partial charge in [0.25, 0.3) is 11.8 Å². The summed E-state index contributed by atoms with van der Waals surface area (Å²) < 4.78 is 10.3. The topological polar surface area (TPSA) is 106 Å². The van der Waals surface area contributed by atoms with Gasteiger partial charge in [0.05, 0.1) is 6.61 Å². The minimum atomic E-state index is -0.487. The van der Waals surface area contributed by atoms with E-state index in [1.165, 1.54) is 18.3 Å². The second-order valence-corrected chi connectivity index (χ2v) is 5.62. The summed E-state index contributed by atoms with van der Waals surface area (Å²) in [6.07, 6.45) is 1.40. The fourth-order valence-electron chi connectivity index (χ4n) is 2.31. The van der Waals surface area contributed by atoms with Gasteiger partial charge in [0.1, 0.15) is 17.2 Å². The van der Waals surface area contributed by atoms with E-state index in [1.54, 1.807) is 37.3 Å². The van der Waals surface area contributed by atoms with Crippen LogP contribution in [0.2, 0.25) is 0 Å². The van der Waals surface area contributed by atoms with Crippen molar-refractivity contribution in [3.63, 3.8) is 0 Å². The summed E-state index contributed by atoms with van der Waals surface area (Å²) in [5.74, 6) is 0.735. The second-order valence-electron chi connectivity index (χ2n) is 5.62. The molecule has 0 aliphatic heterocycles.